The molecule has 10 rings (SSSR count). The molecule has 0 spiro atoms. The maximum absolute atomic E-state index is 2.61. The molecular weight excluding hydrogens is 492 g/mol. The molecule has 0 amide bonds. The van der Waals surface area contributed by atoms with E-state index in [1.807, 2.05) is 0 Å². The largest absolute Gasteiger partial charge is 0.0805 e. The molecule has 0 aromatic heterocycles. The highest BCUT2D eigenvalue weighted by atomic mass is 14.6. The van der Waals surface area contributed by atoms with Crippen LogP contribution in [0.5, 0.6) is 0 Å². The van der Waals surface area contributed by atoms with Crippen molar-refractivity contribution in [3.8, 4) is 0 Å². The van der Waals surface area contributed by atoms with E-state index in [4.69, 9.17) is 0 Å². The van der Waals surface area contributed by atoms with Crippen LogP contribution < -0.4 is 0 Å². The Morgan fingerprint density at radius 3 is 1.46 bits per heavy atom. The molecule has 0 heterocycles. The second-order valence-corrected chi connectivity index (χ2v) is 15.3. The number of allylic oxidation sites excluding steroid dienone is 8. The van der Waals surface area contributed by atoms with Crippen LogP contribution in [0.1, 0.15) is 62.5 Å². The van der Waals surface area contributed by atoms with E-state index in [-0.39, 0.29) is 5.41 Å². The fourth-order valence-electron chi connectivity index (χ4n) is 12.9. The third-order valence-electron chi connectivity index (χ3n) is 13.7. The average Bonchev–Trinajstić information content (AvgIpc) is 3.63. The summed E-state index contributed by atoms with van der Waals surface area (Å²) in [5.74, 6) is 9.76. The third-order valence-corrected chi connectivity index (χ3v) is 13.7. The fraction of sp³-hybridized carbons (Fsp3) is 0.512. The summed E-state index contributed by atoms with van der Waals surface area (Å²) in [7, 11) is 0. The van der Waals surface area contributed by atoms with Crippen molar-refractivity contribution in [3.63, 3.8) is 0 Å². The van der Waals surface area contributed by atoms with Gasteiger partial charge in [0.2, 0.25) is 0 Å². The van der Waals surface area contributed by atoms with Crippen LogP contribution in [0.4, 0.5) is 0 Å². The fourth-order valence-corrected chi connectivity index (χ4v) is 12.9. The van der Waals surface area contributed by atoms with Gasteiger partial charge < -0.3 is 0 Å². The van der Waals surface area contributed by atoms with Crippen molar-refractivity contribution < 1.29 is 0 Å². The van der Waals surface area contributed by atoms with Crippen molar-refractivity contribution in [2.45, 2.75) is 56.8 Å². The molecule has 41 heavy (non-hydrogen) atoms. The minimum atomic E-state index is 0.0244. The molecular formula is C41H46. The summed E-state index contributed by atoms with van der Waals surface area (Å²) in [5, 5.41) is 0. The molecule has 8 aliphatic carbocycles. The molecule has 7 atom stereocenters. The van der Waals surface area contributed by atoms with Gasteiger partial charge in [0.25, 0.3) is 0 Å². The SMILES string of the molecule is C1=CC2C(C(c3ccccc3)(c3ccccc3)C3CC[C@@H](C4C5CC6CC(C5)CC4C6)C3)C3C=CC=C[C@@H]3[C@@H]2C=C1. The van der Waals surface area contributed by atoms with Crippen molar-refractivity contribution in [1.82, 2.24) is 0 Å². The normalized spacial score (nSPS) is 43.4. The first-order valence-corrected chi connectivity index (χ1v) is 17.1. The highest BCUT2D eigenvalue weighted by molar-refractivity contribution is 5.46. The molecule has 0 saturated heterocycles. The Morgan fingerprint density at radius 1 is 0.463 bits per heavy atom. The van der Waals surface area contributed by atoms with E-state index in [0.29, 0.717) is 35.5 Å². The molecule has 0 aliphatic heterocycles. The van der Waals surface area contributed by atoms with E-state index in [1.54, 1.807) is 43.2 Å². The molecule has 0 nitrogen and oxygen atoms in total. The molecule has 0 N–H and O–H groups in total. The van der Waals surface area contributed by atoms with Gasteiger partial charge in [-0.15, -0.1) is 0 Å². The Morgan fingerprint density at radius 2 is 0.951 bits per heavy atom. The third kappa shape index (κ3) is 3.71. The second kappa shape index (κ2) is 9.72. The first kappa shape index (κ1) is 24.9. The first-order valence-electron chi connectivity index (χ1n) is 17.1. The second-order valence-electron chi connectivity index (χ2n) is 15.3. The van der Waals surface area contributed by atoms with Gasteiger partial charge in [0, 0.05) is 5.41 Å². The summed E-state index contributed by atoms with van der Waals surface area (Å²) >= 11 is 0. The molecule has 2 aromatic carbocycles. The van der Waals surface area contributed by atoms with Crippen LogP contribution >= 0.6 is 0 Å². The summed E-state index contributed by atoms with van der Waals surface area (Å²) in [4.78, 5) is 0. The Kier molecular flexibility index (Phi) is 5.91. The summed E-state index contributed by atoms with van der Waals surface area (Å²) in [5.41, 5.74) is 3.19. The molecule has 8 aliphatic rings. The predicted octanol–water partition coefficient (Wildman–Crippen LogP) is 9.81. The van der Waals surface area contributed by atoms with Gasteiger partial charge in [-0.1, -0.05) is 109 Å². The van der Waals surface area contributed by atoms with Gasteiger partial charge >= 0.3 is 0 Å². The van der Waals surface area contributed by atoms with Gasteiger partial charge in [0.05, 0.1) is 0 Å². The van der Waals surface area contributed by atoms with Crippen molar-refractivity contribution in [3.05, 3.63) is 120 Å². The highest BCUT2D eigenvalue weighted by Crippen LogP contribution is 2.66. The number of hydrogen-bond acceptors (Lipinski definition) is 0. The zero-order valence-corrected chi connectivity index (χ0v) is 24.5. The van der Waals surface area contributed by atoms with Gasteiger partial charge in [0.15, 0.2) is 0 Å². The van der Waals surface area contributed by atoms with Gasteiger partial charge in [-0.3, -0.25) is 0 Å². The monoisotopic (exact) mass is 538 g/mol. The molecule has 4 bridgehead atoms. The molecule has 0 heteroatoms. The van der Waals surface area contributed by atoms with Crippen molar-refractivity contribution in [2.24, 2.45) is 71.0 Å². The van der Waals surface area contributed by atoms with Crippen molar-refractivity contribution in [1.29, 1.82) is 0 Å². The maximum Gasteiger partial charge on any atom is 0.0270 e. The topological polar surface area (TPSA) is 0 Å². The predicted molar refractivity (Wildman–Crippen MR) is 169 cm³/mol. The Balaban J connectivity index is 1.19. The zero-order chi connectivity index (χ0) is 27.0. The van der Waals surface area contributed by atoms with E-state index in [1.165, 1.54) is 19.3 Å². The van der Waals surface area contributed by atoms with Gasteiger partial charge in [-0.25, -0.2) is 0 Å². The smallest absolute Gasteiger partial charge is 0.0270 e. The average molecular weight is 539 g/mol. The lowest BCUT2D eigenvalue weighted by Crippen LogP contribution is -2.49. The quantitative estimate of drug-likeness (QED) is 0.355. The van der Waals surface area contributed by atoms with E-state index < -0.39 is 0 Å². The first-order chi connectivity index (χ1) is 20.3. The van der Waals surface area contributed by atoms with E-state index in [0.717, 1.165) is 35.5 Å². The van der Waals surface area contributed by atoms with E-state index in [9.17, 15) is 0 Å². The number of hydrogen-bond donors (Lipinski definition) is 0. The summed E-state index contributed by atoms with van der Waals surface area (Å²) in [6.45, 7) is 0. The van der Waals surface area contributed by atoms with Crippen LogP contribution in [0.25, 0.3) is 0 Å². The maximum atomic E-state index is 2.61. The van der Waals surface area contributed by atoms with Crippen LogP contribution in [-0.2, 0) is 5.41 Å². The standard InChI is InChI=1S/C41H46/c1-3-11-32(12-4-1)41(33-13-5-2-6-14-33,40-37-17-9-7-15-35(37)36-16-8-10-18-38(36)40)34-20-19-29(26-34)39-30-22-27-21-28(24-30)25-31(39)23-27/h1-18,27-31,34-40H,19-26H2/t27?,28?,29-,30?,31?,34?,35-,36+,37?,38?,39?,40?/m1/s1. The van der Waals surface area contributed by atoms with Crippen LogP contribution in [0.2, 0.25) is 0 Å². The lowest BCUT2D eigenvalue weighted by atomic mass is 9.49. The lowest BCUT2D eigenvalue weighted by molar-refractivity contribution is -0.0618. The number of fused-ring (bicyclic) bond motifs is 3. The molecule has 6 saturated carbocycles. The van der Waals surface area contributed by atoms with Gasteiger partial charge in [-0.05, 0) is 134 Å². The van der Waals surface area contributed by atoms with E-state index >= 15 is 0 Å². The lowest BCUT2D eigenvalue weighted by Gasteiger charge is -2.56. The van der Waals surface area contributed by atoms with Crippen LogP contribution in [0.3, 0.4) is 0 Å². The number of rotatable bonds is 5. The van der Waals surface area contributed by atoms with Crippen LogP contribution in [0.15, 0.2) is 109 Å². The van der Waals surface area contributed by atoms with Crippen LogP contribution in [-0.4, -0.2) is 0 Å². The molecule has 2 aromatic rings. The van der Waals surface area contributed by atoms with Gasteiger partial charge in [0.1, 0.15) is 0 Å². The summed E-state index contributed by atoms with van der Waals surface area (Å²) in [6, 6.07) is 23.8. The summed E-state index contributed by atoms with van der Waals surface area (Å²) < 4.78 is 0. The van der Waals surface area contributed by atoms with Gasteiger partial charge in [-0.2, -0.15) is 0 Å². The Labute approximate surface area is 247 Å². The van der Waals surface area contributed by atoms with E-state index in [2.05, 4.69) is 109 Å². The molecule has 4 unspecified atom stereocenters. The van der Waals surface area contributed by atoms with Crippen molar-refractivity contribution >= 4 is 0 Å². The number of benzene rings is 2. The van der Waals surface area contributed by atoms with Crippen LogP contribution in [0, 0.1) is 71.0 Å². The Bertz CT molecular complexity index is 1270. The molecule has 6 fully saturated rings. The minimum Gasteiger partial charge on any atom is -0.0805 e. The highest BCUT2D eigenvalue weighted by Gasteiger charge is 2.61. The minimum absolute atomic E-state index is 0.0244. The molecule has 210 valence electrons. The Hall–Kier alpha value is -2.60. The summed E-state index contributed by atoms with van der Waals surface area (Å²) in [6.07, 6.45) is 31.8. The molecule has 0 radical (unpaired) electrons. The van der Waals surface area contributed by atoms with Crippen molar-refractivity contribution in [2.75, 3.05) is 0 Å². The zero-order valence-electron chi connectivity index (χ0n) is 24.5.